The van der Waals surface area contributed by atoms with Gasteiger partial charge in [-0.1, -0.05) is 12.1 Å². The van der Waals surface area contributed by atoms with Crippen LogP contribution in [0.4, 0.5) is 0 Å². The second-order valence-electron chi connectivity index (χ2n) is 11.1. The minimum Gasteiger partial charge on any atom is -0.504 e. The smallest absolute Gasteiger partial charge is 0.276 e. The lowest BCUT2D eigenvalue weighted by Gasteiger charge is -2.62. The number of hydrogen-bond acceptors (Lipinski definition) is 6. The topological polar surface area (TPSA) is 87.3 Å². The number of rotatable bonds is 2. The highest BCUT2D eigenvalue weighted by Gasteiger charge is 2.73. The van der Waals surface area contributed by atoms with Crippen molar-refractivity contribution in [1.29, 1.82) is 0 Å². The summed E-state index contributed by atoms with van der Waals surface area (Å²) >= 11 is 0. The van der Waals surface area contributed by atoms with Gasteiger partial charge in [-0.2, -0.15) is 4.98 Å². The van der Waals surface area contributed by atoms with Crippen molar-refractivity contribution in [3.05, 3.63) is 68.8 Å². The number of aliphatic hydroxyl groups is 1. The molecule has 34 heavy (non-hydrogen) atoms. The fourth-order valence-electron chi connectivity index (χ4n) is 7.68. The zero-order valence-corrected chi connectivity index (χ0v) is 19.1. The Bertz CT molecular complexity index is 1480. The van der Waals surface area contributed by atoms with Crippen LogP contribution in [0.5, 0.6) is 11.5 Å². The van der Waals surface area contributed by atoms with Crippen LogP contribution in [0.25, 0.3) is 5.65 Å². The molecule has 1 aromatic carbocycles. The molecule has 0 unspecified atom stereocenters. The Labute approximate surface area is 196 Å². The second-order valence-corrected chi connectivity index (χ2v) is 11.1. The molecule has 7 heteroatoms. The van der Waals surface area contributed by atoms with Gasteiger partial charge in [-0.15, -0.1) is 0 Å². The van der Waals surface area contributed by atoms with Crippen molar-refractivity contribution < 1.29 is 14.9 Å². The van der Waals surface area contributed by atoms with Crippen LogP contribution in [0, 0.1) is 12.8 Å². The first kappa shape index (κ1) is 19.4. The average Bonchev–Trinajstić information content (AvgIpc) is 3.55. The molecule has 8 rings (SSSR count). The summed E-state index contributed by atoms with van der Waals surface area (Å²) < 4.78 is 8.60. The number of nitrogens with zero attached hydrogens (tertiary/aromatic N) is 3. The SMILES string of the molecule is Cc1ccc2nc(=O)c3c(n2c1)[C@@H]1Oc2c(O)ccc4c2[C@@]12CCN(CC1CC1)[C@H](C4)[C@]2(O)C3. The van der Waals surface area contributed by atoms with Crippen LogP contribution in [0.3, 0.4) is 0 Å². The van der Waals surface area contributed by atoms with Gasteiger partial charge in [0.2, 0.25) is 0 Å². The first-order valence-corrected chi connectivity index (χ1v) is 12.4. The van der Waals surface area contributed by atoms with E-state index in [4.69, 9.17) is 4.74 Å². The van der Waals surface area contributed by atoms with E-state index in [1.54, 1.807) is 6.07 Å². The lowest BCUT2D eigenvalue weighted by atomic mass is 9.49. The van der Waals surface area contributed by atoms with E-state index >= 15 is 0 Å². The van der Waals surface area contributed by atoms with E-state index in [0.717, 1.165) is 41.9 Å². The standard InChI is InChI=1S/C27H27N3O4/c1-14-2-7-20-28-25(32)17-11-27(33)19-10-16-5-6-18(31)23-21(16)26(27,8-9-29(19)13-15-3-4-15)24(34-23)22(17)30(20)12-14/h2,5-7,12,15,19,24,31,33H,3-4,8-11,13H2,1H3/t19-,24+,26+,27-/m1/s1. The van der Waals surface area contributed by atoms with Gasteiger partial charge in [0.15, 0.2) is 17.6 Å². The number of aromatic nitrogens is 2. The number of aryl methyl sites for hydroxylation is 1. The number of phenols is 1. The highest BCUT2D eigenvalue weighted by Crippen LogP contribution is 2.68. The number of hydrogen-bond donors (Lipinski definition) is 2. The number of piperidine rings is 1. The highest BCUT2D eigenvalue weighted by atomic mass is 16.5. The maximum Gasteiger partial charge on any atom is 0.276 e. The molecular weight excluding hydrogens is 430 g/mol. The average molecular weight is 458 g/mol. The van der Waals surface area contributed by atoms with E-state index < -0.39 is 17.1 Å². The third-order valence-electron chi connectivity index (χ3n) is 9.33. The number of likely N-dealkylation sites (tertiary alicyclic amines) is 1. The number of aromatic hydroxyl groups is 1. The largest absolute Gasteiger partial charge is 0.504 e. The van der Waals surface area contributed by atoms with Crippen LogP contribution in [0.2, 0.25) is 0 Å². The van der Waals surface area contributed by atoms with Crippen molar-refractivity contribution in [1.82, 2.24) is 14.3 Å². The Morgan fingerprint density at radius 2 is 2.09 bits per heavy atom. The summed E-state index contributed by atoms with van der Waals surface area (Å²) in [6.07, 6.45) is 5.63. The molecule has 2 aromatic heterocycles. The number of phenolic OH excluding ortho intramolecular Hbond substituents is 1. The molecule has 4 atom stereocenters. The molecule has 7 nitrogen and oxygen atoms in total. The van der Waals surface area contributed by atoms with E-state index in [9.17, 15) is 15.0 Å². The Morgan fingerprint density at radius 1 is 1.24 bits per heavy atom. The molecule has 3 aromatic rings. The summed E-state index contributed by atoms with van der Waals surface area (Å²) in [5, 5.41) is 23.6. The van der Waals surface area contributed by atoms with Gasteiger partial charge >= 0.3 is 0 Å². The molecular formula is C27H27N3O4. The van der Waals surface area contributed by atoms with Crippen molar-refractivity contribution in [2.24, 2.45) is 5.92 Å². The van der Waals surface area contributed by atoms with Crippen LogP contribution >= 0.6 is 0 Å². The third-order valence-corrected chi connectivity index (χ3v) is 9.33. The Kier molecular flexibility index (Phi) is 3.43. The number of benzene rings is 1. The Balaban J connectivity index is 1.46. The first-order chi connectivity index (χ1) is 16.4. The quantitative estimate of drug-likeness (QED) is 0.615. The number of fused-ring (bicyclic) bond motifs is 4. The predicted octanol–water partition coefficient (Wildman–Crippen LogP) is 2.41. The predicted molar refractivity (Wildman–Crippen MR) is 124 cm³/mol. The van der Waals surface area contributed by atoms with E-state index in [2.05, 4.69) is 9.88 Å². The van der Waals surface area contributed by atoms with Gasteiger partial charge in [0.25, 0.3) is 5.56 Å². The summed E-state index contributed by atoms with van der Waals surface area (Å²) in [7, 11) is 0. The van der Waals surface area contributed by atoms with Crippen molar-refractivity contribution in [3.8, 4) is 11.5 Å². The van der Waals surface area contributed by atoms with Crippen molar-refractivity contribution >= 4 is 5.65 Å². The zero-order chi connectivity index (χ0) is 23.0. The summed E-state index contributed by atoms with van der Waals surface area (Å²) in [5.74, 6) is 1.29. The summed E-state index contributed by atoms with van der Waals surface area (Å²) in [4.78, 5) is 20.2. The fraction of sp³-hybridized carbons (Fsp3) is 0.481. The monoisotopic (exact) mass is 457 g/mol. The third kappa shape index (κ3) is 2.12. The molecule has 0 amide bonds. The van der Waals surface area contributed by atoms with Gasteiger partial charge < -0.3 is 19.4 Å². The summed E-state index contributed by atoms with van der Waals surface area (Å²) in [5.41, 5.74) is 2.91. The second kappa shape index (κ2) is 6.01. The molecule has 3 aliphatic carbocycles. The number of pyridine rings is 1. The first-order valence-electron chi connectivity index (χ1n) is 12.4. The molecule has 0 radical (unpaired) electrons. The Morgan fingerprint density at radius 3 is 2.91 bits per heavy atom. The molecule has 2 bridgehead atoms. The maximum absolute atomic E-state index is 13.3. The van der Waals surface area contributed by atoms with Gasteiger partial charge in [0.1, 0.15) is 5.65 Å². The van der Waals surface area contributed by atoms with E-state index in [-0.39, 0.29) is 23.8 Å². The molecule has 5 aliphatic rings. The van der Waals surface area contributed by atoms with Gasteiger partial charge in [-0.05, 0) is 68.3 Å². The van der Waals surface area contributed by atoms with Crippen LogP contribution in [-0.4, -0.2) is 49.2 Å². The van der Waals surface area contributed by atoms with Crippen LogP contribution < -0.4 is 10.3 Å². The van der Waals surface area contributed by atoms with E-state index in [1.165, 1.54) is 12.8 Å². The molecule has 4 heterocycles. The molecule has 1 saturated carbocycles. The Hall–Kier alpha value is -2.90. The van der Waals surface area contributed by atoms with Crippen molar-refractivity contribution in [3.63, 3.8) is 0 Å². The molecule has 2 fully saturated rings. The molecule has 1 saturated heterocycles. The van der Waals surface area contributed by atoms with Crippen LogP contribution in [0.15, 0.2) is 35.3 Å². The van der Waals surface area contributed by atoms with Crippen molar-refractivity contribution in [2.75, 3.05) is 13.1 Å². The van der Waals surface area contributed by atoms with Crippen LogP contribution in [-0.2, 0) is 18.3 Å². The highest BCUT2D eigenvalue weighted by molar-refractivity contribution is 5.64. The summed E-state index contributed by atoms with van der Waals surface area (Å²) in [6, 6.07) is 7.44. The van der Waals surface area contributed by atoms with Gasteiger partial charge in [-0.3, -0.25) is 9.69 Å². The van der Waals surface area contributed by atoms with Crippen LogP contribution in [0.1, 0.15) is 53.3 Å². The zero-order valence-electron chi connectivity index (χ0n) is 19.1. The molecule has 174 valence electrons. The maximum atomic E-state index is 13.3. The minimum atomic E-state index is -1.16. The lowest BCUT2D eigenvalue weighted by Crippen LogP contribution is -2.75. The van der Waals surface area contributed by atoms with E-state index in [0.29, 0.717) is 29.3 Å². The normalized spacial score (nSPS) is 32.9. The van der Waals surface area contributed by atoms with Crippen molar-refractivity contribution in [2.45, 2.75) is 62.2 Å². The molecule has 1 spiro atoms. The molecule has 2 aliphatic heterocycles. The van der Waals surface area contributed by atoms with Gasteiger partial charge in [0, 0.05) is 36.3 Å². The molecule has 2 N–H and O–H groups in total. The summed E-state index contributed by atoms with van der Waals surface area (Å²) in [6.45, 7) is 3.89. The van der Waals surface area contributed by atoms with E-state index in [1.807, 2.05) is 35.7 Å². The van der Waals surface area contributed by atoms with Gasteiger partial charge in [0.05, 0.1) is 16.7 Å². The van der Waals surface area contributed by atoms with Gasteiger partial charge in [-0.25, -0.2) is 0 Å². The number of ether oxygens (including phenoxy) is 1. The lowest BCUT2D eigenvalue weighted by molar-refractivity contribution is -0.174. The fourth-order valence-corrected chi connectivity index (χ4v) is 7.68. The minimum absolute atomic E-state index is 0.0956.